The lowest BCUT2D eigenvalue weighted by atomic mass is 10.2. The van der Waals surface area contributed by atoms with Crippen molar-refractivity contribution in [3.05, 3.63) is 59.1 Å². The van der Waals surface area contributed by atoms with E-state index in [1.165, 1.54) is 17.1 Å². The molecule has 0 spiro atoms. The zero-order valence-electron chi connectivity index (χ0n) is 13.1. The lowest BCUT2D eigenvalue weighted by Gasteiger charge is -2.05. The number of nitrogens with one attached hydrogen (secondary N) is 1. The molecule has 7 nitrogen and oxygen atoms in total. The van der Waals surface area contributed by atoms with Crippen LogP contribution in [0.3, 0.4) is 0 Å². The van der Waals surface area contributed by atoms with E-state index in [0.29, 0.717) is 22.9 Å². The van der Waals surface area contributed by atoms with Crippen LogP contribution in [-0.4, -0.2) is 28.0 Å². The molecule has 0 aliphatic rings. The SMILES string of the molecule is Cc1c(S(=O)(=O)Nc2cnn(Cc3cccc(Cl)c3)c2)cnn1C. The summed E-state index contributed by atoms with van der Waals surface area (Å²) in [5.41, 5.74) is 1.93. The van der Waals surface area contributed by atoms with E-state index in [0.717, 1.165) is 5.56 Å². The fourth-order valence-electron chi connectivity index (χ4n) is 2.28. The first-order valence-corrected chi connectivity index (χ1v) is 8.99. The molecular weight excluding hydrogens is 350 g/mol. The summed E-state index contributed by atoms with van der Waals surface area (Å²) in [5, 5.41) is 8.78. The molecule has 24 heavy (non-hydrogen) atoms. The third-order valence-corrected chi connectivity index (χ3v) is 5.32. The van der Waals surface area contributed by atoms with Crippen LogP contribution >= 0.6 is 11.6 Å². The van der Waals surface area contributed by atoms with Crippen LogP contribution in [0, 0.1) is 6.92 Å². The Kier molecular flexibility index (Phi) is 4.33. The van der Waals surface area contributed by atoms with Gasteiger partial charge < -0.3 is 0 Å². The number of sulfonamides is 1. The molecule has 0 fully saturated rings. The maximum Gasteiger partial charge on any atom is 0.265 e. The lowest BCUT2D eigenvalue weighted by molar-refractivity contribution is 0.600. The summed E-state index contributed by atoms with van der Waals surface area (Å²) in [7, 11) is -2.01. The Morgan fingerprint density at radius 1 is 1.25 bits per heavy atom. The van der Waals surface area contributed by atoms with Gasteiger partial charge in [0.15, 0.2) is 0 Å². The number of hydrogen-bond acceptors (Lipinski definition) is 4. The van der Waals surface area contributed by atoms with Crippen molar-refractivity contribution < 1.29 is 8.42 Å². The topological polar surface area (TPSA) is 81.8 Å². The van der Waals surface area contributed by atoms with Crippen LogP contribution in [0.25, 0.3) is 0 Å². The van der Waals surface area contributed by atoms with Crippen LogP contribution in [0.2, 0.25) is 5.02 Å². The summed E-state index contributed by atoms with van der Waals surface area (Å²) >= 11 is 5.96. The molecule has 126 valence electrons. The first-order valence-electron chi connectivity index (χ1n) is 7.13. The standard InChI is InChI=1S/C15H16ClN5O2S/c1-11-15(8-17-20(11)2)24(22,23)19-14-7-18-21(10-14)9-12-4-3-5-13(16)6-12/h3-8,10,19H,9H2,1-2H3. The highest BCUT2D eigenvalue weighted by atomic mass is 35.5. The Labute approximate surface area is 144 Å². The highest BCUT2D eigenvalue weighted by Gasteiger charge is 2.20. The van der Waals surface area contributed by atoms with Gasteiger partial charge in [-0.15, -0.1) is 0 Å². The van der Waals surface area contributed by atoms with Gasteiger partial charge in [0.2, 0.25) is 0 Å². The van der Waals surface area contributed by atoms with Crippen LogP contribution in [0.15, 0.2) is 47.8 Å². The zero-order chi connectivity index (χ0) is 17.3. The van der Waals surface area contributed by atoms with Gasteiger partial charge in [-0.3, -0.25) is 14.1 Å². The molecule has 1 N–H and O–H groups in total. The number of aromatic nitrogens is 4. The Bertz CT molecular complexity index is 977. The van der Waals surface area contributed by atoms with Gasteiger partial charge in [0, 0.05) is 18.3 Å². The Hall–Kier alpha value is -2.32. The molecule has 0 aliphatic heterocycles. The normalized spacial score (nSPS) is 11.6. The van der Waals surface area contributed by atoms with Gasteiger partial charge in [0.05, 0.1) is 30.3 Å². The molecule has 0 unspecified atom stereocenters. The molecule has 9 heteroatoms. The van der Waals surface area contributed by atoms with Crippen molar-refractivity contribution in [2.75, 3.05) is 4.72 Å². The third-order valence-electron chi connectivity index (χ3n) is 3.60. The van der Waals surface area contributed by atoms with E-state index in [9.17, 15) is 8.42 Å². The van der Waals surface area contributed by atoms with Crippen LogP contribution in [-0.2, 0) is 23.6 Å². The molecule has 3 rings (SSSR count). The van der Waals surface area contributed by atoms with Gasteiger partial charge in [-0.2, -0.15) is 10.2 Å². The monoisotopic (exact) mass is 365 g/mol. The second kappa shape index (κ2) is 6.29. The van der Waals surface area contributed by atoms with E-state index < -0.39 is 10.0 Å². The minimum Gasteiger partial charge on any atom is -0.276 e. The Morgan fingerprint density at radius 2 is 2.04 bits per heavy atom. The summed E-state index contributed by atoms with van der Waals surface area (Å²) in [4.78, 5) is 0.146. The van der Waals surface area contributed by atoms with E-state index in [1.54, 1.807) is 30.9 Å². The number of nitrogens with zero attached hydrogens (tertiary/aromatic N) is 4. The number of halogens is 1. The largest absolute Gasteiger partial charge is 0.276 e. The van der Waals surface area contributed by atoms with Crippen molar-refractivity contribution in [3.63, 3.8) is 0 Å². The fourth-order valence-corrected chi connectivity index (χ4v) is 3.72. The molecule has 1 aromatic carbocycles. The van der Waals surface area contributed by atoms with Crippen molar-refractivity contribution in [1.29, 1.82) is 0 Å². The minimum absolute atomic E-state index is 0.146. The average molecular weight is 366 g/mol. The Morgan fingerprint density at radius 3 is 2.71 bits per heavy atom. The van der Waals surface area contributed by atoms with Crippen LogP contribution in [0.4, 0.5) is 5.69 Å². The predicted octanol–water partition coefficient (Wildman–Crippen LogP) is 2.43. The third kappa shape index (κ3) is 3.44. The smallest absolute Gasteiger partial charge is 0.265 e. The van der Waals surface area contributed by atoms with E-state index in [1.807, 2.05) is 18.2 Å². The highest BCUT2D eigenvalue weighted by Crippen LogP contribution is 2.19. The lowest BCUT2D eigenvalue weighted by Crippen LogP contribution is -2.13. The summed E-state index contributed by atoms with van der Waals surface area (Å²) in [6.45, 7) is 2.19. The Balaban J connectivity index is 1.77. The number of anilines is 1. The van der Waals surface area contributed by atoms with Crippen molar-refractivity contribution in [1.82, 2.24) is 19.6 Å². The molecule has 0 saturated carbocycles. The molecule has 0 bridgehead atoms. The first kappa shape index (κ1) is 16.5. The van der Waals surface area contributed by atoms with E-state index in [-0.39, 0.29) is 4.90 Å². The first-order chi connectivity index (χ1) is 11.3. The van der Waals surface area contributed by atoms with Crippen LogP contribution < -0.4 is 4.72 Å². The average Bonchev–Trinajstić information content (AvgIpc) is 3.06. The molecule has 3 aromatic rings. The summed E-state index contributed by atoms with van der Waals surface area (Å²) in [6, 6.07) is 7.42. The number of rotatable bonds is 5. The van der Waals surface area contributed by atoms with Gasteiger partial charge in [-0.25, -0.2) is 8.42 Å². The van der Waals surface area contributed by atoms with Crippen molar-refractivity contribution in [3.8, 4) is 0 Å². The van der Waals surface area contributed by atoms with Crippen molar-refractivity contribution >= 4 is 27.3 Å². The number of hydrogen-bond donors (Lipinski definition) is 1. The molecule has 2 heterocycles. The number of aryl methyl sites for hydroxylation is 1. The molecule has 0 aliphatic carbocycles. The molecule has 0 radical (unpaired) electrons. The maximum absolute atomic E-state index is 12.4. The highest BCUT2D eigenvalue weighted by molar-refractivity contribution is 7.92. The predicted molar refractivity (Wildman–Crippen MR) is 91.5 cm³/mol. The molecule has 0 amide bonds. The molecular formula is C15H16ClN5O2S. The molecule has 0 saturated heterocycles. The van der Waals surface area contributed by atoms with E-state index >= 15 is 0 Å². The zero-order valence-corrected chi connectivity index (χ0v) is 14.7. The van der Waals surface area contributed by atoms with Crippen molar-refractivity contribution in [2.24, 2.45) is 7.05 Å². The summed E-state index contributed by atoms with van der Waals surface area (Å²) < 4.78 is 30.5. The summed E-state index contributed by atoms with van der Waals surface area (Å²) in [5.74, 6) is 0. The second-order valence-corrected chi connectivity index (χ2v) is 7.47. The van der Waals surface area contributed by atoms with E-state index in [4.69, 9.17) is 11.6 Å². The van der Waals surface area contributed by atoms with Gasteiger partial charge >= 0.3 is 0 Å². The van der Waals surface area contributed by atoms with Gasteiger partial charge in [-0.05, 0) is 24.6 Å². The van der Waals surface area contributed by atoms with Crippen LogP contribution in [0.1, 0.15) is 11.3 Å². The number of benzene rings is 1. The van der Waals surface area contributed by atoms with Gasteiger partial charge in [0.25, 0.3) is 10.0 Å². The van der Waals surface area contributed by atoms with Gasteiger partial charge in [-0.1, -0.05) is 23.7 Å². The summed E-state index contributed by atoms with van der Waals surface area (Å²) in [6.07, 6.45) is 4.42. The molecule has 2 aromatic heterocycles. The second-order valence-electron chi connectivity index (χ2n) is 5.38. The van der Waals surface area contributed by atoms with Crippen LogP contribution in [0.5, 0.6) is 0 Å². The van der Waals surface area contributed by atoms with Gasteiger partial charge in [0.1, 0.15) is 4.90 Å². The maximum atomic E-state index is 12.4. The van der Waals surface area contributed by atoms with E-state index in [2.05, 4.69) is 14.9 Å². The molecule has 0 atom stereocenters. The quantitative estimate of drug-likeness (QED) is 0.752. The van der Waals surface area contributed by atoms with Crippen molar-refractivity contribution in [2.45, 2.75) is 18.4 Å². The fraction of sp³-hybridized carbons (Fsp3) is 0.200. The minimum atomic E-state index is -3.70.